The summed E-state index contributed by atoms with van der Waals surface area (Å²) in [6.45, 7) is 4.32. The predicted octanol–water partition coefficient (Wildman–Crippen LogP) is 0.110. The lowest BCUT2D eigenvalue weighted by molar-refractivity contribution is -0.143. The van der Waals surface area contributed by atoms with E-state index in [0.29, 0.717) is 0 Å². The van der Waals surface area contributed by atoms with E-state index in [-0.39, 0.29) is 18.5 Å². The Kier molecular flexibility index (Phi) is 9.98. The third-order valence-corrected chi connectivity index (χ3v) is 0.815. The first-order valence-electron chi connectivity index (χ1n) is 3.76. The van der Waals surface area contributed by atoms with Gasteiger partial charge in [0.1, 0.15) is 6.61 Å². The molecule has 0 rings (SSSR count). The number of carbonyl (C=O) groups excluding carboxylic acids is 2. The Morgan fingerprint density at radius 2 is 1.69 bits per heavy atom. The van der Waals surface area contributed by atoms with Gasteiger partial charge in [-0.3, -0.25) is 9.59 Å². The Balaban J connectivity index is 0. The molecule has 0 aromatic rings. The van der Waals surface area contributed by atoms with Crippen LogP contribution in [0.15, 0.2) is 0 Å². The standard InChI is InChI=1S/C5H10O3.C3H6O2/c1-4(6)3-8-5(2)7;1-3(4)5-2/h4,6H,3H2,1-2H3;1-2H3. The van der Waals surface area contributed by atoms with E-state index in [0.717, 1.165) is 0 Å². The van der Waals surface area contributed by atoms with Gasteiger partial charge in [0.2, 0.25) is 0 Å². The van der Waals surface area contributed by atoms with Crippen molar-refractivity contribution >= 4 is 11.9 Å². The molecule has 0 saturated carbocycles. The van der Waals surface area contributed by atoms with Crippen LogP contribution in [0.2, 0.25) is 0 Å². The highest BCUT2D eigenvalue weighted by molar-refractivity contribution is 5.66. The molecule has 0 bridgehead atoms. The van der Waals surface area contributed by atoms with Crippen LogP contribution in [-0.4, -0.2) is 36.9 Å². The summed E-state index contributed by atoms with van der Waals surface area (Å²) in [5.74, 6) is -0.601. The van der Waals surface area contributed by atoms with Crippen molar-refractivity contribution in [2.75, 3.05) is 13.7 Å². The van der Waals surface area contributed by atoms with Crippen molar-refractivity contribution in [1.82, 2.24) is 0 Å². The molecule has 0 fully saturated rings. The highest BCUT2D eigenvalue weighted by Gasteiger charge is 1.96. The Labute approximate surface area is 77.6 Å². The normalized spacial score (nSPS) is 10.5. The molecule has 0 aliphatic carbocycles. The van der Waals surface area contributed by atoms with E-state index < -0.39 is 6.10 Å². The fourth-order valence-electron chi connectivity index (χ4n) is 0.238. The molecule has 1 unspecified atom stereocenters. The van der Waals surface area contributed by atoms with Crippen molar-refractivity contribution < 1.29 is 24.2 Å². The second-order valence-electron chi connectivity index (χ2n) is 2.35. The number of hydrogen-bond acceptors (Lipinski definition) is 5. The number of carbonyl (C=O) groups is 2. The van der Waals surface area contributed by atoms with E-state index in [1.807, 2.05) is 0 Å². The van der Waals surface area contributed by atoms with E-state index in [1.54, 1.807) is 6.92 Å². The second kappa shape index (κ2) is 8.99. The van der Waals surface area contributed by atoms with Crippen molar-refractivity contribution in [2.24, 2.45) is 0 Å². The maximum atomic E-state index is 10.0. The largest absolute Gasteiger partial charge is 0.469 e. The van der Waals surface area contributed by atoms with Gasteiger partial charge in [-0.25, -0.2) is 0 Å². The summed E-state index contributed by atoms with van der Waals surface area (Å²) in [7, 11) is 1.35. The Morgan fingerprint density at radius 3 is 1.77 bits per heavy atom. The molecular weight excluding hydrogens is 176 g/mol. The molecule has 0 radical (unpaired) electrons. The highest BCUT2D eigenvalue weighted by Crippen LogP contribution is 1.81. The van der Waals surface area contributed by atoms with Gasteiger partial charge in [-0.15, -0.1) is 0 Å². The zero-order valence-corrected chi connectivity index (χ0v) is 8.36. The zero-order valence-electron chi connectivity index (χ0n) is 8.36. The van der Waals surface area contributed by atoms with Crippen molar-refractivity contribution in [1.29, 1.82) is 0 Å². The first-order valence-corrected chi connectivity index (χ1v) is 3.76. The summed E-state index contributed by atoms with van der Waals surface area (Å²) >= 11 is 0. The van der Waals surface area contributed by atoms with E-state index in [4.69, 9.17) is 5.11 Å². The van der Waals surface area contributed by atoms with Crippen molar-refractivity contribution in [3.63, 3.8) is 0 Å². The molecule has 78 valence electrons. The molecular formula is C8H16O5. The third kappa shape index (κ3) is 24.8. The first-order chi connectivity index (χ1) is 5.90. The average molecular weight is 192 g/mol. The van der Waals surface area contributed by atoms with E-state index in [2.05, 4.69) is 9.47 Å². The van der Waals surface area contributed by atoms with Crippen LogP contribution in [0.25, 0.3) is 0 Å². The molecule has 13 heavy (non-hydrogen) atoms. The topological polar surface area (TPSA) is 72.8 Å². The van der Waals surface area contributed by atoms with Crippen LogP contribution < -0.4 is 0 Å². The minimum absolute atomic E-state index is 0.0926. The molecule has 0 saturated heterocycles. The van der Waals surface area contributed by atoms with Gasteiger partial charge >= 0.3 is 11.9 Å². The summed E-state index contributed by atoms with van der Waals surface area (Å²) in [6.07, 6.45) is -0.557. The minimum Gasteiger partial charge on any atom is -0.469 e. The minimum atomic E-state index is -0.557. The third-order valence-electron chi connectivity index (χ3n) is 0.815. The molecule has 1 atom stereocenters. The molecule has 0 aromatic carbocycles. The fourth-order valence-corrected chi connectivity index (χ4v) is 0.238. The van der Waals surface area contributed by atoms with Gasteiger partial charge in [0.25, 0.3) is 0 Å². The van der Waals surface area contributed by atoms with Gasteiger partial charge in [0.05, 0.1) is 13.2 Å². The Bertz CT molecular complexity index is 153. The molecule has 0 aliphatic heterocycles. The summed E-state index contributed by atoms with van der Waals surface area (Å²) in [4.78, 5) is 19.6. The lowest BCUT2D eigenvalue weighted by atomic mass is 10.4. The van der Waals surface area contributed by atoms with Crippen molar-refractivity contribution in [2.45, 2.75) is 26.9 Å². The molecule has 5 heteroatoms. The zero-order chi connectivity index (χ0) is 10.9. The maximum absolute atomic E-state index is 10.0. The Morgan fingerprint density at radius 1 is 1.31 bits per heavy atom. The number of hydrogen-bond donors (Lipinski definition) is 1. The number of methoxy groups -OCH3 is 1. The molecule has 0 spiro atoms. The van der Waals surface area contributed by atoms with Crippen LogP contribution in [0, 0.1) is 0 Å². The molecule has 1 N–H and O–H groups in total. The van der Waals surface area contributed by atoms with Gasteiger partial charge in [0.15, 0.2) is 0 Å². The van der Waals surface area contributed by atoms with Crippen molar-refractivity contribution in [3.8, 4) is 0 Å². The Hall–Kier alpha value is -1.10. The van der Waals surface area contributed by atoms with Crippen LogP contribution in [0.3, 0.4) is 0 Å². The fraction of sp³-hybridized carbons (Fsp3) is 0.750. The summed E-state index contributed by atoms with van der Waals surface area (Å²) in [6, 6.07) is 0. The monoisotopic (exact) mass is 192 g/mol. The lowest BCUT2D eigenvalue weighted by Gasteiger charge is -2.01. The molecule has 0 heterocycles. The van der Waals surface area contributed by atoms with E-state index in [9.17, 15) is 9.59 Å². The smallest absolute Gasteiger partial charge is 0.302 e. The van der Waals surface area contributed by atoms with Crippen molar-refractivity contribution in [3.05, 3.63) is 0 Å². The quantitative estimate of drug-likeness (QED) is 0.628. The molecule has 0 amide bonds. The number of ether oxygens (including phenoxy) is 2. The van der Waals surface area contributed by atoms with Crippen LogP contribution in [0.5, 0.6) is 0 Å². The van der Waals surface area contributed by atoms with Gasteiger partial charge in [-0.2, -0.15) is 0 Å². The van der Waals surface area contributed by atoms with Gasteiger partial charge in [-0.1, -0.05) is 0 Å². The lowest BCUT2D eigenvalue weighted by Crippen LogP contribution is -2.12. The second-order valence-corrected chi connectivity index (χ2v) is 2.35. The molecule has 0 aromatic heterocycles. The SMILES string of the molecule is CC(=O)OCC(C)O.COC(C)=O. The first kappa shape index (κ1) is 14.4. The van der Waals surface area contributed by atoms with Gasteiger partial charge in [-0.05, 0) is 6.92 Å². The molecule has 5 nitrogen and oxygen atoms in total. The number of aliphatic hydroxyl groups excluding tert-OH is 1. The summed E-state index contributed by atoms with van der Waals surface area (Å²) in [5, 5.41) is 8.52. The molecule has 0 aliphatic rings. The van der Waals surface area contributed by atoms with Crippen LogP contribution in [0.4, 0.5) is 0 Å². The number of esters is 2. The highest BCUT2D eigenvalue weighted by atomic mass is 16.5. The maximum Gasteiger partial charge on any atom is 0.302 e. The number of rotatable bonds is 2. The van der Waals surface area contributed by atoms with Crippen LogP contribution >= 0.6 is 0 Å². The predicted molar refractivity (Wildman–Crippen MR) is 46.0 cm³/mol. The van der Waals surface area contributed by atoms with Crippen LogP contribution in [-0.2, 0) is 19.1 Å². The number of aliphatic hydroxyl groups is 1. The van der Waals surface area contributed by atoms with E-state index >= 15 is 0 Å². The van der Waals surface area contributed by atoms with Gasteiger partial charge in [0, 0.05) is 13.8 Å². The average Bonchev–Trinajstić information content (AvgIpc) is 2.02. The van der Waals surface area contributed by atoms with Gasteiger partial charge < -0.3 is 14.6 Å². The summed E-state index contributed by atoms with van der Waals surface area (Å²) < 4.78 is 8.53. The van der Waals surface area contributed by atoms with E-state index in [1.165, 1.54) is 21.0 Å². The van der Waals surface area contributed by atoms with Crippen LogP contribution in [0.1, 0.15) is 20.8 Å². The summed E-state index contributed by atoms with van der Waals surface area (Å²) in [5.41, 5.74) is 0.